The van der Waals surface area contributed by atoms with Crippen LogP contribution in [0.2, 0.25) is 0 Å². The Hall–Kier alpha value is -1.44. The van der Waals surface area contributed by atoms with E-state index in [1.54, 1.807) is 24.3 Å². The molecule has 1 aromatic rings. The summed E-state index contributed by atoms with van der Waals surface area (Å²) in [4.78, 5) is 12.1. The van der Waals surface area contributed by atoms with Gasteiger partial charge in [0.1, 0.15) is 0 Å². The highest BCUT2D eigenvalue weighted by molar-refractivity contribution is 7.88. The smallest absolute Gasteiger partial charge is 0.227 e. The van der Waals surface area contributed by atoms with Crippen LogP contribution in [-0.2, 0) is 21.4 Å². The summed E-state index contributed by atoms with van der Waals surface area (Å²) in [6.45, 7) is 3.97. The third-order valence-corrected chi connectivity index (χ3v) is 4.36. The maximum atomic E-state index is 12.1. The molecule has 0 bridgehead atoms. The normalized spacial score (nSPS) is 17.0. The Bertz CT molecular complexity index is 594. The van der Waals surface area contributed by atoms with Gasteiger partial charge >= 0.3 is 0 Å². The molecule has 1 atom stereocenters. The van der Waals surface area contributed by atoms with Crippen molar-refractivity contribution in [2.24, 2.45) is 11.8 Å². The van der Waals surface area contributed by atoms with Crippen LogP contribution in [0.4, 0.5) is 5.69 Å². The van der Waals surface area contributed by atoms with Gasteiger partial charge in [0.2, 0.25) is 15.9 Å². The standard InChI is InChI=1S/C14H21N3O3S/c1-10(12-8-15-9-12)14(18)17-13-5-3-11(4-6-13)7-16-21(2,19)20/h3-6,10,12,15-16H,7-9H2,1-2H3,(H,17,18). The largest absolute Gasteiger partial charge is 0.326 e. The van der Waals surface area contributed by atoms with E-state index in [-0.39, 0.29) is 18.4 Å². The number of hydrogen-bond acceptors (Lipinski definition) is 4. The van der Waals surface area contributed by atoms with Gasteiger partial charge in [-0.1, -0.05) is 19.1 Å². The summed E-state index contributed by atoms with van der Waals surface area (Å²) >= 11 is 0. The van der Waals surface area contributed by atoms with Gasteiger partial charge in [-0.15, -0.1) is 0 Å². The number of nitrogens with one attached hydrogen (secondary N) is 3. The molecule has 1 aliphatic heterocycles. The zero-order chi connectivity index (χ0) is 15.5. The Labute approximate surface area is 125 Å². The molecule has 21 heavy (non-hydrogen) atoms. The lowest BCUT2D eigenvalue weighted by atomic mass is 9.88. The Balaban J connectivity index is 1.88. The lowest BCUT2D eigenvalue weighted by Crippen LogP contribution is -2.48. The van der Waals surface area contributed by atoms with Crippen molar-refractivity contribution >= 4 is 21.6 Å². The van der Waals surface area contributed by atoms with Crippen molar-refractivity contribution in [1.29, 1.82) is 0 Å². The van der Waals surface area contributed by atoms with E-state index in [0.717, 1.165) is 30.6 Å². The molecule has 0 radical (unpaired) electrons. The van der Waals surface area contributed by atoms with Crippen molar-refractivity contribution in [3.8, 4) is 0 Å². The predicted octanol–water partition coefficient (Wildman–Crippen LogP) is 0.530. The van der Waals surface area contributed by atoms with Gasteiger partial charge in [0, 0.05) is 18.2 Å². The average Bonchev–Trinajstić information content (AvgIpc) is 2.35. The van der Waals surface area contributed by atoms with E-state index in [1.165, 1.54) is 0 Å². The number of carbonyl (C=O) groups excluding carboxylic acids is 1. The molecule has 1 aliphatic rings. The molecule has 1 unspecified atom stereocenters. The van der Waals surface area contributed by atoms with Crippen molar-refractivity contribution in [3.05, 3.63) is 29.8 Å². The van der Waals surface area contributed by atoms with Crippen LogP contribution in [0.3, 0.4) is 0 Å². The summed E-state index contributed by atoms with van der Waals surface area (Å²) in [5.41, 5.74) is 1.57. The molecule has 0 aromatic heterocycles. The zero-order valence-electron chi connectivity index (χ0n) is 12.2. The third-order valence-electron chi connectivity index (χ3n) is 3.69. The van der Waals surface area contributed by atoms with Crippen LogP contribution < -0.4 is 15.4 Å². The highest BCUT2D eigenvalue weighted by Gasteiger charge is 2.28. The van der Waals surface area contributed by atoms with Gasteiger partial charge in [0.05, 0.1) is 6.26 Å². The SMILES string of the molecule is CC(C(=O)Nc1ccc(CNS(C)(=O)=O)cc1)C1CNC1. The van der Waals surface area contributed by atoms with E-state index in [0.29, 0.717) is 5.92 Å². The first-order valence-electron chi connectivity index (χ1n) is 6.90. The highest BCUT2D eigenvalue weighted by atomic mass is 32.2. The van der Waals surface area contributed by atoms with E-state index in [4.69, 9.17) is 0 Å². The van der Waals surface area contributed by atoms with Gasteiger partial charge in [0.25, 0.3) is 0 Å². The molecule has 2 rings (SSSR count). The first kappa shape index (κ1) is 15.9. The number of benzene rings is 1. The number of carbonyl (C=O) groups is 1. The van der Waals surface area contributed by atoms with E-state index < -0.39 is 10.0 Å². The molecule has 7 heteroatoms. The number of amides is 1. The van der Waals surface area contributed by atoms with Crippen molar-refractivity contribution in [2.45, 2.75) is 13.5 Å². The van der Waals surface area contributed by atoms with Crippen molar-refractivity contribution in [3.63, 3.8) is 0 Å². The molecule has 1 saturated heterocycles. The third kappa shape index (κ3) is 4.80. The highest BCUT2D eigenvalue weighted by Crippen LogP contribution is 2.18. The number of rotatable bonds is 6. The van der Waals surface area contributed by atoms with E-state index in [2.05, 4.69) is 15.4 Å². The lowest BCUT2D eigenvalue weighted by Gasteiger charge is -2.31. The molecule has 1 fully saturated rings. The van der Waals surface area contributed by atoms with Gasteiger partial charge < -0.3 is 10.6 Å². The maximum absolute atomic E-state index is 12.1. The monoisotopic (exact) mass is 311 g/mol. The van der Waals surface area contributed by atoms with Crippen LogP contribution in [0, 0.1) is 11.8 Å². The molecule has 0 spiro atoms. The Morgan fingerprint density at radius 1 is 1.33 bits per heavy atom. The number of sulfonamides is 1. The minimum atomic E-state index is -3.19. The van der Waals surface area contributed by atoms with E-state index >= 15 is 0 Å². The molecular formula is C14H21N3O3S. The van der Waals surface area contributed by atoms with E-state index in [9.17, 15) is 13.2 Å². The first-order chi connectivity index (χ1) is 9.85. The zero-order valence-corrected chi connectivity index (χ0v) is 13.0. The molecule has 0 aliphatic carbocycles. The second-order valence-electron chi connectivity index (χ2n) is 5.49. The summed E-state index contributed by atoms with van der Waals surface area (Å²) in [5, 5.41) is 6.04. The number of hydrogen-bond donors (Lipinski definition) is 3. The van der Waals surface area contributed by atoms with Crippen LogP contribution >= 0.6 is 0 Å². The second-order valence-corrected chi connectivity index (χ2v) is 7.32. The molecule has 116 valence electrons. The van der Waals surface area contributed by atoms with Crippen molar-refractivity contribution in [2.75, 3.05) is 24.7 Å². The van der Waals surface area contributed by atoms with Crippen LogP contribution in [0.5, 0.6) is 0 Å². The van der Waals surface area contributed by atoms with E-state index in [1.807, 2.05) is 6.92 Å². The fourth-order valence-corrected chi connectivity index (χ4v) is 2.48. The summed E-state index contributed by atoms with van der Waals surface area (Å²) in [7, 11) is -3.19. The number of anilines is 1. The summed E-state index contributed by atoms with van der Waals surface area (Å²) in [6, 6.07) is 7.15. The van der Waals surface area contributed by atoms with Crippen molar-refractivity contribution < 1.29 is 13.2 Å². The molecule has 1 heterocycles. The lowest BCUT2D eigenvalue weighted by molar-refractivity contribution is -0.121. The van der Waals surface area contributed by atoms with Crippen LogP contribution in [0.15, 0.2) is 24.3 Å². The van der Waals surface area contributed by atoms with Crippen LogP contribution in [0.1, 0.15) is 12.5 Å². The average molecular weight is 311 g/mol. The second kappa shape index (κ2) is 6.55. The fraction of sp³-hybridized carbons (Fsp3) is 0.500. The van der Waals surface area contributed by atoms with Gasteiger partial charge in [0.15, 0.2) is 0 Å². The molecule has 3 N–H and O–H groups in total. The Kier molecular flexibility index (Phi) is 4.97. The maximum Gasteiger partial charge on any atom is 0.227 e. The summed E-state index contributed by atoms with van der Waals surface area (Å²) in [5.74, 6) is 0.407. The van der Waals surface area contributed by atoms with Gasteiger partial charge in [-0.2, -0.15) is 0 Å². The summed E-state index contributed by atoms with van der Waals surface area (Å²) in [6.07, 6.45) is 1.12. The van der Waals surface area contributed by atoms with Crippen LogP contribution in [-0.4, -0.2) is 33.7 Å². The summed E-state index contributed by atoms with van der Waals surface area (Å²) < 4.78 is 24.5. The van der Waals surface area contributed by atoms with Gasteiger partial charge in [-0.05, 0) is 36.7 Å². The van der Waals surface area contributed by atoms with Crippen LogP contribution in [0.25, 0.3) is 0 Å². The predicted molar refractivity (Wildman–Crippen MR) is 82.3 cm³/mol. The minimum Gasteiger partial charge on any atom is -0.326 e. The molecular weight excluding hydrogens is 290 g/mol. The van der Waals surface area contributed by atoms with Crippen molar-refractivity contribution in [1.82, 2.24) is 10.0 Å². The molecule has 0 saturated carbocycles. The van der Waals surface area contributed by atoms with Gasteiger partial charge in [-0.25, -0.2) is 13.1 Å². The van der Waals surface area contributed by atoms with Gasteiger partial charge in [-0.3, -0.25) is 4.79 Å². The minimum absolute atomic E-state index is 0.0159. The topological polar surface area (TPSA) is 87.3 Å². The molecule has 1 aromatic carbocycles. The quantitative estimate of drug-likeness (QED) is 0.715. The molecule has 1 amide bonds. The first-order valence-corrected chi connectivity index (χ1v) is 8.79. The fourth-order valence-electron chi connectivity index (χ4n) is 2.06. The Morgan fingerprint density at radius 2 is 1.95 bits per heavy atom. The molecule has 6 nitrogen and oxygen atoms in total. The Morgan fingerprint density at radius 3 is 2.43 bits per heavy atom.